The van der Waals surface area contributed by atoms with Crippen molar-refractivity contribution in [3.8, 4) is 5.75 Å². The molecule has 0 aromatic heterocycles. The van der Waals surface area contributed by atoms with Crippen LogP contribution in [0.3, 0.4) is 0 Å². The fourth-order valence-corrected chi connectivity index (χ4v) is 2.99. The van der Waals surface area contributed by atoms with Crippen LogP contribution in [0.2, 0.25) is 0 Å². The minimum atomic E-state index is 0.300. The zero-order valence-corrected chi connectivity index (χ0v) is 8.62. The smallest absolute Gasteiger partial charge is 0.123 e. The van der Waals surface area contributed by atoms with E-state index in [-0.39, 0.29) is 0 Å². The minimum Gasteiger partial charge on any atom is -0.489 e. The standard InChI is InChI=1S/C13H16O/c1-13-9-5-4-8-12(13)14-11-7-3-2-6-10(11)13/h2-3,6-7,12H,4-5,8-9H2,1H3. The summed E-state index contributed by atoms with van der Waals surface area (Å²) >= 11 is 0. The topological polar surface area (TPSA) is 9.23 Å². The van der Waals surface area contributed by atoms with E-state index in [1.165, 1.54) is 31.2 Å². The average molecular weight is 188 g/mol. The Morgan fingerprint density at radius 2 is 2.14 bits per heavy atom. The van der Waals surface area contributed by atoms with E-state index in [9.17, 15) is 0 Å². The molecule has 74 valence electrons. The summed E-state index contributed by atoms with van der Waals surface area (Å²) < 4.78 is 6.01. The lowest BCUT2D eigenvalue weighted by Crippen LogP contribution is -2.37. The maximum absolute atomic E-state index is 6.01. The lowest BCUT2D eigenvalue weighted by atomic mass is 9.70. The molecule has 0 spiro atoms. The van der Waals surface area contributed by atoms with Gasteiger partial charge in [-0.05, 0) is 25.3 Å². The highest BCUT2D eigenvalue weighted by molar-refractivity contribution is 5.44. The number of rotatable bonds is 0. The Labute approximate surface area is 85.1 Å². The second kappa shape index (κ2) is 2.75. The van der Waals surface area contributed by atoms with Gasteiger partial charge in [-0.1, -0.05) is 31.5 Å². The Kier molecular flexibility index (Phi) is 1.64. The molecular weight excluding hydrogens is 172 g/mol. The second-order valence-corrected chi connectivity index (χ2v) is 4.77. The summed E-state index contributed by atoms with van der Waals surface area (Å²) in [5.41, 5.74) is 1.74. The first kappa shape index (κ1) is 8.34. The van der Waals surface area contributed by atoms with Gasteiger partial charge < -0.3 is 4.74 Å². The molecule has 2 aliphatic rings. The van der Waals surface area contributed by atoms with Crippen molar-refractivity contribution < 1.29 is 4.74 Å². The molecule has 2 atom stereocenters. The number of ether oxygens (including phenoxy) is 1. The van der Waals surface area contributed by atoms with Gasteiger partial charge in [-0.15, -0.1) is 0 Å². The Balaban J connectivity index is 2.10. The summed E-state index contributed by atoms with van der Waals surface area (Å²) in [5, 5.41) is 0. The van der Waals surface area contributed by atoms with E-state index < -0.39 is 0 Å². The van der Waals surface area contributed by atoms with E-state index in [0.717, 1.165) is 5.75 Å². The van der Waals surface area contributed by atoms with Crippen LogP contribution in [0, 0.1) is 0 Å². The van der Waals surface area contributed by atoms with Gasteiger partial charge >= 0.3 is 0 Å². The van der Waals surface area contributed by atoms with E-state index in [0.29, 0.717) is 11.5 Å². The summed E-state index contributed by atoms with van der Waals surface area (Å²) in [6.07, 6.45) is 5.63. The van der Waals surface area contributed by atoms with Crippen LogP contribution in [0.1, 0.15) is 38.2 Å². The van der Waals surface area contributed by atoms with Crippen LogP contribution < -0.4 is 4.74 Å². The summed E-state index contributed by atoms with van der Waals surface area (Å²) in [7, 11) is 0. The molecule has 14 heavy (non-hydrogen) atoms. The van der Waals surface area contributed by atoms with Crippen molar-refractivity contribution in [2.45, 2.75) is 44.1 Å². The van der Waals surface area contributed by atoms with Crippen molar-refractivity contribution in [1.29, 1.82) is 0 Å². The fraction of sp³-hybridized carbons (Fsp3) is 0.538. The van der Waals surface area contributed by atoms with E-state index in [1.807, 2.05) is 0 Å². The van der Waals surface area contributed by atoms with Crippen LogP contribution in [0.15, 0.2) is 24.3 Å². The summed E-state index contributed by atoms with van der Waals surface area (Å²) in [6.45, 7) is 2.36. The molecule has 0 bridgehead atoms. The molecular formula is C13H16O. The summed E-state index contributed by atoms with van der Waals surface area (Å²) in [6, 6.07) is 8.55. The Morgan fingerprint density at radius 1 is 1.29 bits per heavy atom. The molecule has 1 aromatic carbocycles. The van der Waals surface area contributed by atoms with Gasteiger partial charge in [-0.2, -0.15) is 0 Å². The third-order valence-electron chi connectivity index (χ3n) is 3.89. The number of para-hydroxylation sites is 1. The molecule has 0 radical (unpaired) electrons. The SMILES string of the molecule is CC12CCCCC1Oc1ccccc12. The van der Waals surface area contributed by atoms with Crippen LogP contribution in [-0.4, -0.2) is 6.10 Å². The predicted octanol–water partition coefficient (Wildman–Crippen LogP) is 3.28. The second-order valence-electron chi connectivity index (χ2n) is 4.77. The minimum absolute atomic E-state index is 0.300. The van der Waals surface area contributed by atoms with Crippen molar-refractivity contribution in [1.82, 2.24) is 0 Å². The van der Waals surface area contributed by atoms with E-state index in [1.54, 1.807) is 0 Å². The highest BCUT2D eigenvalue weighted by Gasteiger charge is 2.45. The van der Waals surface area contributed by atoms with Crippen LogP contribution in [-0.2, 0) is 5.41 Å². The van der Waals surface area contributed by atoms with Crippen LogP contribution in [0.5, 0.6) is 5.75 Å². The van der Waals surface area contributed by atoms with E-state index >= 15 is 0 Å². The molecule has 1 heterocycles. The maximum Gasteiger partial charge on any atom is 0.123 e. The van der Waals surface area contributed by atoms with Crippen molar-refractivity contribution in [3.63, 3.8) is 0 Å². The van der Waals surface area contributed by atoms with Crippen LogP contribution in [0.25, 0.3) is 0 Å². The first-order chi connectivity index (χ1) is 6.81. The van der Waals surface area contributed by atoms with Gasteiger partial charge in [-0.25, -0.2) is 0 Å². The molecule has 0 amide bonds. The van der Waals surface area contributed by atoms with Gasteiger partial charge in [0.1, 0.15) is 11.9 Å². The molecule has 1 aromatic rings. The third kappa shape index (κ3) is 0.956. The van der Waals surface area contributed by atoms with Gasteiger partial charge in [0.15, 0.2) is 0 Å². The van der Waals surface area contributed by atoms with Crippen molar-refractivity contribution in [2.24, 2.45) is 0 Å². The molecule has 3 rings (SSSR count). The summed E-state index contributed by atoms with van der Waals surface area (Å²) in [5.74, 6) is 1.13. The van der Waals surface area contributed by atoms with Crippen LogP contribution in [0.4, 0.5) is 0 Å². The van der Waals surface area contributed by atoms with Crippen LogP contribution >= 0.6 is 0 Å². The molecule has 0 N–H and O–H groups in total. The maximum atomic E-state index is 6.01. The molecule has 1 aliphatic heterocycles. The number of benzene rings is 1. The first-order valence-electron chi connectivity index (χ1n) is 5.57. The molecule has 0 saturated heterocycles. The summed E-state index contributed by atoms with van der Waals surface area (Å²) in [4.78, 5) is 0. The molecule has 1 aliphatic carbocycles. The molecule has 1 nitrogen and oxygen atoms in total. The number of hydrogen-bond donors (Lipinski definition) is 0. The largest absolute Gasteiger partial charge is 0.489 e. The molecule has 1 heteroatoms. The van der Waals surface area contributed by atoms with Gasteiger partial charge in [0.2, 0.25) is 0 Å². The fourth-order valence-electron chi connectivity index (χ4n) is 2.99. The predicted molar refractivity (Wildman–Crippen MR) is 56.7 cm³/mol. The molecule has 2 unspecified atom stereocenters. The zero-order chi connectivity index (χ0) is 9.60. The Morgan fingerprint density at radius 3 is 3.07 bits per heavy atom. The van der Waals surface area contributed by atoms with Gasteiger partial charge in [0.25, 0.3) is 0 Å². The lowest BCUT2D eigenvalue weighted by molar-refractivity contribution is 0.111. The van der Waals surface area contributed by atoms with E-state index in [2.05, 4.69) is 31.2 Å². The van der Waals surface area contributed by atoms with Crippen molar-refractivity contribution in [2.75, 3.05) is 0 Å². The quantitative estimate of drug-likeness (QED) is 0.607. The normalized spacial score (nSPS) is 34.5. The first-order valence-corrected chi connectivity index (χ1v) is 5.57. The molecule has 1 saturated carbocycles. The molecule has 1 fully saturated rings. The lowest BCUT2D eigenvalue weighted by Gasteiger charge is -2.34. The third-order valence-corrected chi connectivity index (χ3v) is 3.89. The average Bonchev–Trinajstić information content (AvgIpc) is 2.51. The van der Waals surface area contributed by atoms with E-state index in [4.69, 9.17) is 4.74 Å². The highest BCUT2D eigenvalue weighted by atomic mass is 16.5. The Bertz CT molecular complexity index is 358. The highest BCUT2D eigenvalue weighted by Crippen LogP contribution is 2.49. The number of hydrogen-bond acceptors (Lipinski definition) is 1. The monoisotopic (exact) mass is 188 g/mol. The zero-order valence-electron chi connectivity index (χ0n) is 8.62. The van der Waals surface area contributed by atoms with Gasteiger partial charge in [-0.3, -0.25) is 0 Å². The number of fused-ring (bicyclic) bond motifs is 3. The van der Waals surface area contributed by atoms with Crippen molar-refractivity contribution in [3.05, 3.63) is 29.8 Å². The van der Waals surface area contributed by atoms with Gasteiger partial charge in [0, 0.05) is 11.0 Å². The van der Waals surface area contributed by atoms with Crippen molar-refractivity contribution >= 4 is 0 Å². The van der Waals surface area contributed by atoms with Gasteiger partial charge in [0.05, 0.1) is 0 Å². The Hall–Kier alpha value is -0.980.